The highest BCUT2D eigenvalue weighted by molar-refractivity contribution is 7.80. The Morgan fingerprint density at radius 3 is 2.65 bits per heavy atom. The minimum Gasteiger partial charge on any atom is -0.389 e. The summed E-state index contributed by atoms with van der Waals surface area (Å²) in [5.41, 5.74) is 8.38. The summed E-state index contributed by atoms with van der Waals surface area (Å²) in [6, 6.07) is 6.48. The number of anilines is 1. The van der Waals surface area contributed by atoms with E-state index in [9.17, 15) is 4.39 Å². The summed E-state index contributed by atoms with van der Waals surface area (Å²) >= 11 is 5.05. The molecule has 0 bridgehead atoms. The van der Waals surface area contributed by atoms with Gasteiger partial charge in [0.05, 0.1) is 11.3 Å². The molecular formula is C14H17FN4S. The van der Waals surface area contributed by atoms with Gasteiger partial charge in [-0.05, 0) is 31.0 Å². The van der Waals surface area contributed by atoms with Gasteiger partial charge in [-0.15, -0.1) is 0 Å². The second kappa shape index (κ2) is 6.00. The molecule has 3 N–H and O–H groups in total. The summed E-state index contributed by atoms with van der Waals surface area (Å²) in [4.78, 5) is 0.333. The number of nitrogens with zero attached hydrogens (tertiary/aromatic N) is 2. The van der Waals surface area contributed by atoms with E-state index in [-0.39, 0.29) is 5.82 Å². The van der Waals surface area contributed by atoms with Crippen molar-refractivity contribution in [1.29, 1.82) is 0 Å². The molecule has 0 amide bonds. The van der Waals surface area contributed by atoms with Gasteiger partial charge in [0.15, 0.2) is 0 Å². The zero-order valence-corrected chi connectivity index (χ0v) is 12.3. The summed E-state index contributed by atoms with van der Waals surface area (Å²) in [5.74, 6) is 0.594. The lowest BCUT2D eigenvalue weighted by Gasteiger charge is -2.09. The van der Waals surface area contributed by atoms with E-state index in [4.69, 9.17) is 18.0 Å². The minimum atomic E-state index is -0.222. The predicted molar refractivity (Wildman–Crippen MR) is 82.4 cm³/mol. The van der Waals surface area contributed by atoms with Gasteiger partial charge in [-0.1, -0.05) is 24.4 Å². The monoisotopic (exact) mass is 292 g/mol. The standard InChI is InChI=1S/C14H17FN4S/c1-9-12(13(16)20)14(19(2)18-9)17-8-7-10-3-5-11(15)6-4-10/h3-6,17H,7-8H2,1-2H3,(H2,16,20). The Labute approximate surface area is 122 Å². The minimum absolute atomic E-state index is 0.222. The van der Waals surface area contributed by atoms with Crippen LogP contribution in [0.15, 0.2) is 24.3 Å². The molecule has 0 fully saturated rings. The zero-order chi connectivity index (χ0) is 14.7. The van der Waals surface area contributed by atoms with Gasteiger partial charge in [-0.25, -0.2) is 4.39 Å². The van der Waals surface area contributed by atoms with E-state index < -0.39 is 0 Å². The highest BCUT2D eigenvalue weighted by Gasteiger charge is 2.14. The molecule has 1 aromatic heterocycles. The van der Waals surface area contributed by atoms with Gasteiger partial charge in [0, 0.05) is 13.6 Å². The molecule has 1 aromatic carbocycles. The van der Waals surface area contributed by atoms with E-state index >= 15 is 0 Å². The maximum absolute atomic E-state index is 12.8. The number of aryl methyl sites for hydroxylation is 2. The number of benzene rings is 1. The molecule has 0 unspecified atom stereocenters. The van der Waals surface area contributed by atoms with Crippen molar-refractivity contribution in [3.05, 3.63) is 46.9 Å². The second-order valence-electron chi connectivity index (χ2n) is 4.60. The summed E-state index contributed by atoms with van der Waals surface area (Å²) in [7, 11) is 1.84. The lowest BCUT2D eigenvalue weighted by Crippen LogP contribution is -2.16. The van der Waals surface area contributed by atoms with Gasteiger partial charge in [0.25, 0.3) is 0 Å². The molecule has 0 spiro atoms. The third kappa shape index (κ3) is 3.14. The average molecular weight is 292 g/mol. The van der Waals surface area contributed by atoms with Gasteiger partial charge in [-0.3, -0.25) is 4.68 Å². The fourth-order valence-corrected chi connectivity index (χ4v) is 2.38. The highest BCUT2D eigenvalue weighted by Crippen LogP contribution is 2.18. The second-order valence-corrected chi connectivity index (χ2v) is 5.04. The zero-order valence-electron chi connectivity index (χ0n) is 11.5. The third-order valence-electron chi connectivity index (χ3n) is 3.09. The molecular weight excluding hydrogens is 275 g/mol. The molecule has 0 aliphatic heterocycles. The molecule has 1 heterocycles. The summed E-state index contributed by atoms with van der Waals surface area (Å²) < 4.78 is 14.5. The largest absolute Gasteiger partial charge is 0.389 e. The Hall–Kier alpha value is -1.95. The molecule has 6 heteroatoms. The normalized spacial score (nSPS) is 10.6. The van der Waals surface area contributed by atoms with Crippen LogP contribution in [0.5, 0.6) is 0 Å². The first-order chi connectivity index (χ1) is 9.49. The lowest BCUT2D eigenvalue weighted by molar-refractivity contribution is 0.627. The molecule has 106 valence electrons. The van der Waals surface area contributed by atoms with E-state index in [1.807, 2.05) is 14.0 Å². The van der Waals surface area contributed by atoms with Gasteiger partial charge < -0.3 is 11.1 Å². The molecule has 0 atom stereocenters. The summed E-state index contributed by atoms with van der Waals surface area (Å²) in [6.45, 7) is 2.57. The van der Waals surface area contributed by atoms with Crippen molar-refractivity contribution >= 4 is 23.0 Å². The third-order valence-corrected chi connectivity index (χ3v) is 3.29. The number of nitrogens with one attached hydrogen (secondary N) is 1. The number of thiocarbonyl (C=S) groups is 1. The van der Waals surface area contributed by atoms with Crippen LogP contribution in [0.4, 0.5) is 10.2 Å². The smallest absolute Gasteiger partial charge is 0.134 e. The van der Waals surface area contributed by atoms with Crippen LogP contribution in [0.3, 0.4) is 0 Å². The van der Waals surface area contributed by atoms with Crippen molar-refractivity contribution in [2.75, 3.05) is 11.9 Å². The Morgan fingerprint density at radius 2 is 2.05 bits per heavy atom. The number of nitrogens with two attached hydrogens (primary N) is 1. The van der Waals surface area contributed by atoms with Crippen molar-refractivity contribution in [2.24, 2.45) is 12.8 Å². The molecule has 0 saturated heterocycles. The topological polar surface area (TPSA) is 55.9 Å². The van der Waals surface area contributed by atoms with E-state index in [2.05, 4.69) is 10.4 Å². The van der Waals surface area contributed by atoms with Crippen LogP contribution in [0.1, 0.15) is 16.8 Å². The van der Waals surface area contributed by atoms with E-state index in [0.29, 0.717) is 11.5 Å². The predicted octanol–water partition coefficient (Wildman–Crippen LogP) is 2.16. The quantitative estimate of drug-likeness (QED) is 0.829. The Morgan fingerprint density at radius 1 is 1.40 bits per heavy atom. The van der Waals surface area contributed by atoms with Crippen LogP contribution < -0.4 is 11.1 Å². The first-order valence-corrected chi connectivity index (χ1v) is 6.71. The van der Waals surface area contributed by atoms with Crippen LogP contribution in [-0.2, 0) is 13.5 Å². The fourth-order valence-electron chi connectivity index (χ4n) is 2.13. The number of aromatic nitrogens is 2. The van der Waals surface area contributed by atoms with Crippen molar-refractivity contribution in [1.82, 2.24) is 9.78 Å². The molecule has 2 aromatic rings. The average Bonchev–Trinajstić information content (AvgIpc) is 2.66. The fraction of sp³-hybridized carbons (Fsp3) is 0.286. The number of hydrogen-bond donors (Lipinski definition) is 2. The van der Waals surface area contributed by atoms with Gasteiger partial charge in [-0.2, -0.15) is 5.10 Å². The molecule has 0 radical (unpaired) electrons. The van der Waals surface area contributed by atoms with Gasteiger partial charge in [0.1, 0.15) is 16.6 Å². The van der Waals surface area contributed by atoms with E-state index in [1.165, 1.54) is 12.1 Å². The highest BCUT2D eigenvalue weighted by atomic mass is 32.1. The lowest BCUT2D eigenvalue weighted by atomic mass is 10.1. The first-order valence-electron chi connectivity index (χ1n) is 6.30. The van der Waals surface area contributed by atoms with E-state index in [1.54, 1.807) is 16.8 Å². The molecule has 4 nitrogen and oxygen atoms in total. The van der Waals surface area contributed by atoms with Gasteiger partial charge in [0.2, 0.25) is 0 Å². The molecule has 2 rings (SSSR count). The van der Waals surface area contributed by atoms with Crippen LogP contribution in [0, 0.1) is 12.7 Å². The maximum atomic E-state index is 12.8. The van der Waals surface area contributed by atoms with Crippen molar-refractivity contribution in [3.8, 4) is 0 Å². The maximum Gasteiger partial charge on any atom is 0.134 e. The number of hydrogen-bond acceptors (Lipinski definition) is 3. The first kappa shape index (κ1) is 14.5. The summed E-state index contributed by atoms with van der Waals surface area (Å²) in [5, 5.41) is 7.59. The summed E-state index contributed by atoms with van der Waals surface area (Å²) in [6.07, 6.45) is 0.779. The Kier molecular flexibility index (Phi) is 4.34. The number of halogens is 1. The molecule has 0 aliphatic rings. The van der Waals surface area contributed by atoms with Crippen LogP contribution >= 0.6 is 12.2 Å². The SMILES string of the molecule is Cc1nn(C)c(NCCc2ccc(F)cc2)c1C(N)=S. The molecule has 0 aliphatic carbocycles. The van der Waals surface area contributed by atoms with Crippen LogP contribution in [-0.4, -0.2) is 21.3 Å². The van der Waals surface area contributed by atoms with Crippen molar-refractivity contribution in [3.63, 3.8) is 0 Å². The van der Waals surface area contributed by atoms with Crippen LogP contribution in [0.25, 0.3) is 0 Å². The number of rotatable bonds is 5. The molecule has 0 saturated carbocycles. The van der Waals surface area contributed by atoms with Crippen molar-refractivity contribution in [2.45, 2.75) is 13.3 Å². The van der Waals surface area contributed by atoms with Crippen molar-refractivity contribution < 1.29 is 4.39 Å². The molecule has 20 heavy (non-hydrogen) atoms. The van der Waals surface area contributed by atoms with E-state index in [0.717, 1.165) is 29.1 Å². The van der Waals surface area contributed by atoms with Crippen LogP contribution in [0.2, 0.25) is 0 Å². The Balaban J connectivity index is 2.04. The Bertz CT molecular complexity index is 619. The van der Waals surface area contributed by atoms with Gasteiger partial charge >= 0.3 is 0 Å².